The Morgan fingerprint density at radius 1 is 1.04 bits per heavy atom. The Kier molecular flexibility index (Phi) is 3.76. The summed E-state index contributed by atoms with van der Waals surface area (Å²) in [5.41, 5.74) is 1.37. The number of imide groups is 2. The van der Waals surface area contributed by atoms with E-state index < -0.39 is 23.8 Å². The fraction of sp³-hybridized carbons (Fsp3) is 0.412. The Morgan fingerprint density at radius 2 is 1.84 bits per heavy atom. The van der Waals surface area contributed by atoms with Crippen LogP contribution in [0.4, 0.5) is 5.69 Å². The molecule has 8 heteroatoms. The molecule has 0 spiro atoms. The van der Waals surface area contributed by atoms with E-state index in [4.69, 9.17) is 0 Å². The van der Waals surface area contributed by atoms with Crippen LogP contribution in [0.3, 0.4) is 0 Å². The summed E-state index contributed by atoms with van der Waals surface area (Å²) >= 11 is 0. The maximum atomic E-state index is 12.7. The first-order valence-corrected chi connectivity index (χ1v) is 8.37. The number of rotatable bonds is 3. The van der Waals surface area contributed by atoms with Gasteiger partial charge in [0.05, 0.1) is 11.1 Å². The van der Waals surface area contributed by atoms with Crippen molar-refractivity contribution in [2.75, 3.05) is 18.4 Å². The van der Waals surface area contributed by atoms with Gasteiger partial charge in [-0.05, 0) is 37.6 Å². The number of amides is 4. The smallest absolute Gasteiger partial charge is 0.262 e. The normalized spacial score (nSPS) is 26.0. The largest absolute Gasteiger partial charge is 0.381 e. The Bertz CT molecular complexity index is 785. The van der Waals surface area contributed by atoms with E-state index in [1.54, 1.807) is 18.2 Å². The number of nitrogens with zero attached hydrogens (tertiary/aromatic N) is 1. The molecule has 3 aliphatic heterocycles. The SMILES string of the molecule is O=C1CCC(N2C(=O)c3ccc(NC4CCNC4)cc3C2=O)C(=O)N1. The van der Waals surface area contributed by atoms with Gasteiger partial charge in [0.15, 0.2) is 0 Å². The summed E-state index contributed by atoms with van der Waals surface area (Å²) in [4.78, 5) is 49.6. The molecule has 3 heterocycles. The van der Waals surface area contributed by atoms with Crippen molar-refractivity contribution >= 4 is 29.3 Å². The third-order valence-corrected chi connectivity index (χ3v) is 4.87. The van der Waals surface area contributed by atoms with Crippen molar-refractivity contribution in [3.8, 4) is 0 Å². The van der Waals surface area contributed by atoms with Gasteiger partial charge in [0.25, 0.3) is 11.8 Å². The average Bonchev–Trinajstić information content (AvgIpc) is 3.17. The summed E-state index contributed by atoms with van der Waals surface area (Å²) in [6, 6.07) is 4.42. The van der Waals surface area contributed by atoms with Gasteiger partial charge in [-0.15, -0.1) is 0 Å². The van der Waals surface area contributed by atoms with E-state index in [9.17, 15) is 19.2 Å². The molecule has 2 saturated heterocycles. The van der Waals surface area contributed by atoms with Gasteiger partial charge < -0.3 is 10.6 Å². The van der Waals surface area contributed by atoms with Crippen LogP contribution in [-0.4, -0.2) is 53.7 Å². The molecule has 25 heavy (non-hydrogen) atoms. The number of piperidine rings is 1. The Hall–Kier alpha value is -2.74. The number of carbonyl (C=O) groups excluding carboxylic acids is 4. The molecule has 0 saturated carbocycles. The predicted molar refractivity (Wildman–Crippen MR) is 88.0 cm³/mol. The number of anilines is 1. The van der Waals surface area contributed by atoms with Gasteiger partial charge in [0.1, 0.15) is 6.04 Å². The fourth-order valence-electron chi connectivity index (χ4n) is 3.57. The Balaban J connectivity index is 1.58. The number of carbonyl (C=O) groups is 4. The standard InChI is InChI=1S/C17H18N4O4/c22-14-4-3-13(15(23)20-14)21-16(24)11-2-1-9(7-12(11)17(21)25)19-10-5-6-18-8-10/h1-2,7,10,13,18-19H,3-6,8H2,(H,20,22,23). The van der Waals surface area contributed by atoms with E-state index in [-0.39, 0.29) is 24.8 Å². The van der Waals surface area contributed by atoms with Crippen LogP contribution in [0.25, 0.3) is 0 Å². The summed E-state index contributed by atoms with van der Waals surface area (Å²) in [6.07, 6.45) is 1.27. The van der Waals surface area contributed by atoms with Crippen molar-refractivity contribution in [2.24, 2.45) is 0 Å². The van der Waals surface area contributed by atoms with E-state index in [0.29, 0.717) is 11.1 Å². The lowest BCUT2D eigenvalue weighted by Crippen LogP contribution is -2.54. The molecule has 2 fully saturated rings. The molecule has 1 aromatic carbocycles. The number of nitrogens with one attached hydrogen (secondary N) is 3. The molecule has 4 rings (SSSR count). The second kappa shape index (κ2) is 5.96. The predicted octanol–water partition coefficient (Wildman–Crippen LogP) is -0.138. The lowest BCUT2D eigenvalue weighted by molar-refractivity contribution is -0.136. The van der Waals surface area contributed by atoms with Crippen molar-refractivity contribution in [3.05, 3.63) is 29.3 Å². The van der Waals surface area contributed by atoms with Gasteiger partial charge in [-0.1, -0.05) is 0 Å². The van der Waals surface area contributed by atoms with Crippen molar-refractivity contribution in [2.45, 2.75) is 31.3 Å². The third-order valence-electron chi connectivity index (χ3n) is 4.87. The number of fused-ring (bicyclic) bond motifs is 1. The van der Waals surface area contributed by atoms with Crippen LogP contribution < -0.4 is 16.0 Å². The molecule has 0 aliphatic carbocycles. The zero-order valence-electron chi connectivity index (χ0n) is 13.5. The van der Waals surface area contributed by atoms with Crippen LogP contribution in [-0.2, 0) is 9.59 Å². The van der Waals surface area contributed by atoms with Crippen LogP contribution in [0.15, 0.2) is 18.2 Å². The summed E-state index contributed by atoms with van der Waals surface area (Å²) in [7, 11) is 0. The molecule has 2 unspecified atom stereocenters. The van der Waals surface area contributed by atoms with Crippen LogP contribution in [0.1, 0.15) is 40.0 Å². The Labute approximate surface area is 143 Å². The molecule has 0 radical (unpaired) electrons. The highest BCUT2D eigenvalue weighted by Crippen LogP contribution is 2.29. The maximum Gasteiger partial charge on any atom is 0.262 e. The molecule has 3 aliphatic rings. The van der Waals surface area contributed by atoms with E-state index in [1.807, 2.05) is 0 Å². The molecule has 0 aromatic heterocycles. The Morgan fingerprint density at radius 3 is 2.56 bits per heavy atom. The highest BCUT2D eigenvalue weighted by atomic mass is 16.2. The van der Waals surface area contributed by atoms with Gasteiger partial charge in [-0.2, -0.15) is 0 Å². The van der Waals surface area contributed by atoms with E-state index >= 15 is 0 Å². The van der Waals surface area contributed by atoms with E-state index in [2.05, 4.69) is 16.0 Å². The highest BCUT2D eigenvalue weighted by Gasteiger charge is 2.44. The molecule has 3 N–H and O–H groups in total. The third kappa shape index (κ3) is 2.68. The fourth-order valence-corrected chi connectivity index (χ4v) is 3.57. The summed E-state index contributed by atoms with van der Waals surface area (Å²) in [5, 5.41) is 8.79. The van der Waals surface area contributed by atoms with Gasteiger partial charge in [-0.25, -0.2) is 0 Å². The monoisotopic (exact) mass is 342 g/mol. The van der Waals surface area contributed by atoms with E-state index in [1.165, 1.54) is 0 Å². The average molecular weight is 342 g/mol. The lowest BCUT2D eigenvalue weighted by atomic mass is 10.0. The van der Waals surface area contributed by atoms with Gasteiger partial charge in [-0.3, -0.25) is 29.4 Å². The second-order valence-corrected chi connectivity index (χ2v) is 6.54. The van der Waals surface area contributed by atoms with Crippen molar-refractivity contribution in [1.29, 1.82) is 0 Å². The zero-order valence-corrected chi connectivity index (χ0v) is 13.5. The zero-order chi connectivity index (χ0) is 17.6. The molecule has 8 nitrogen and oxygen atoms in total. The molecule has 0 bridgehead atoms. The topological polar surface area (TPSA) is 108 Å². The van der Waals surface area contributed by atoms with Gasteiger partial charge in [0, 0.05) is 24.7 Å². The summed E-state index contributed by atoms with van der Waals surface area (Å²) in [6.45, 7) is 1.80. The van der Waals surface area contributed by atoms with Crippen LogP contribution >= 0.6 is 0 Å². The molecular weight excluding hydrogens is 324 g/mol. The van der Waals surface area contributed by atoms with Crippen LogP contribution in [0, 0.1) is 0 Å². The first kappa shape index (κ1) is 15.8. The van der Waals surface area contributed by atoms with Crippen LogP contribution in [0.2, 0.25) is 0 Å². The first-order valence-electron chi connectivity index (χ1n) is 8.37. The molecular formula is C17H18N4O4. The van der Waals surface area contributed by atoms with Crippen LogP contribution in [0.5, 0.6) is 0 Å². The second-order valence-electron chi connectivity index (χ2n) is 6.54. The first-order chi connectivity index (χ1) is 12.0. The highest BCUT2D eigenvalue weighted by molar-refractivity contribution is 6.23. The molecule has 2 atom stereocenters. The quantitative estimate of drug-likeness (QED) is 0.660. The lowest BCUT2D eigenvalue weighted by Gasteiger charge is -2.27. The molecule has 1 aromatic rings. The molecule has 130 valence electrons. The van der Waals surface area contributed by atoms with Crippen molar-refractivity contribution in [1.82, 2.24) is 15.5 Å². The van der Waals surface area contributed by atoms with Gasteiger partial charge in [0.2, 0.25) is 11.8 Å². The minimum absolute atomic E-state index is 0.116. The number of benzene rings is 1. The number of hydrogen-bond donors (Lipinski definition) is 3. The minimum Gasteiger partial charge on any atom is -0.381 e. The molecule has 4 amide bonds. The number of hydrogen-bond acceptors (Lipinski definition) is 6. The summed E-state index contributed by atoms with van der Waals surface area (Å²) < 4.78 is 0. The van der Waals surface area contributed by atoms with E-state index in [0.717, 1.165) is 30.1 Å². The minimum atomic E-state index is -0.930. The van der Waals surface area contributed by atoms with Crippen molar-refractivity contribution in [3.63, 3.8) is 0 Å². The van der Waals surface area contributed by atoms with Crippen molar-refractivity contribution < 1.29 is 19.2 Å². The summed E-state index contributed by atoms with van der Waals surface area (Å²) in [5.74, 6) is -1.94. The maximum absolute atomic E-state index is 12.7. The van der Waals surface area contributed by atoms with Gasteiger partial charge >= 0.3 is 0 Å².